The molecule has 1 saturated carbocycles. The third-order valence-electron chi connectivity index (χ3n) is 5.51. The molecule has 0 radical (unpaired) electrons. The van der Waals surface area contributed by atoms with Gasteiger partial charge in [0.05, 0.1) is 25.0 Å². The highest BCUT2D eigenvalue weighted by molar-refractivity contribution is 5.80. The van der Waals surface area contributed by atoms with Crippen molar-refractivity contribution in [2.24, 2.45) is 11.8 Å². The van der Waals surface area contributed by atoms with Crippen LogP contribution in [-0.4, -0.2) is 31.3 Å². The van der Waals surface area contributed by atoms with Crippen LogP contribution >= 0.6 is 0 Å². The van der Waals surface area contributed by atoms with Crippen molar-refractivity contribution in [3.63, 3.8) is 0 Å². The van der Waals surface area contributed by atoms with Crippen LogP contribution in [0.5, 0.6) is 0 Å². The number of esters is 2. The van der Waals surface area contributed by atoms with Crippen LogP contribution in [0, 0.1) is 11.8 Å². The van der Waals surface area contributed by atoms with Crippen molar-refractivity contribution < 1.29 is 23.8 Å². The standard InChI is InChI=1S/C20H26O5/c1-23-18(21)12-17(16-8-11-25-20(13-16)9-5-10-20)19(22)24-14-15-6-3-2-4-7-15/h2-4,6-7,16-17H,5,8-14H2,1H3. The van der Waals surface area contributed by atoms with Crippen LogP contribution in [0.2, 0.25) is 0 Å². The number of ether oxygens (including phenoxy) is 3. The quantitative estimate of drug-likeness (QED) is 0.740. The van der Waals surface area contributed by atoms with Gasteiger partial charge in [-0.05, 0) is 43.6 Å². The molecule has 2 aliphatic rings. The number of benzene rings is 1. The lowest BCUT2D eigenvalue weighted by molar-refractivity contribution is -0.171. The highest BCUT2D eigenvalue weighted by Gasteiger charge is 2.46. The molecular weight excluding hydrogens is 320 g/mol. The van der Waals surface area contributed by atoms with E-state index >= 15 is 0 Å². The van der Waals surface area contributed by atoms with Gasteiger partial charge in [-0.2, -0.15) is 0 Å². The van der Waals surface area contributed by atoms with Crippen LogP contribution in [0.3, 0.4) is 0 Å². The van der Waals surface area contributed by atoms with Gasteiger partial charge in [0.15, 0.2) is 0 Å². The van der Waals surface area contributed by atoms with Crippen LogP contribution in [0.4, 0.5) is 0 Å². The molecule has 1 aliphatic heterocycles. The maximum absolute atomic E-state index is 12.7. The lowest BCUT2D eigenvalue weighted by Crippen LogP contribution is -2.48. The van der Waals surface area contributed by atoms with E-state index in [9.17, 15) is 9.59 Å². The minimum Gasteiger partial charge on any atom is -0.469 e. The molecule has 25 heavy (non-hydrogen) atoms. The van der Waals surface area contributed by atoms with Crippen molar-refractivity contribution in [3.8, 4) is 0 Å². The fourth-order valence-electron chi connectivity index (χ4n) is 3.87. The fraction of sp³-hybridized carbons (Fsp3) is 0.600. The molecule has 5 heteroatoms. The summed E-state index contributed by atoms with van der Waals surface area (Å²) in [7, 11) is 1.35. The van der Waals surface area contributed by atoms with Crippen LogP contribution in [-0.2, 0) is 30.4 Å². The number of hydrogen-bond acceptors (Lipinski definition) is 5. The predicted octanol–water partition coefficient (Wildman–Crippen LogP) is 3.26. The Morgan fingerprint density at radius 1 is 1.28 bits per heavy atom. The Morgan fingerprint density at radius 3 is 2.68 bits per heavy atom. The second-order valence-corrected chi connectivity index (χ2v) is 7.12. The maximum Gasteiger partial charge on any atom is 0.310 e. The van der Waals surface area contributed by atoms with Crippen molar-refractivity contribution in [2.75, 3.05) is 13.7 Å². The Hall–Kier alpha value is -1.88. The van der Waals surface area contributed by atoms with E-state index in [1.54, 1.807) is 0 Å². The Labute approximate surface area is 148 Å². The molecular formula is C20H26O5. The van der Waals surface area contributed by atoms with Gasteiger partial charge in [-0.25, -0.2) is 0 Å². The van der Waals surface area contributed by atoms with E-state index in [4.69, 9.17) is 14.2 Å². The summed E-state index contributed by atoms with van der Waals surface area (Å²) in [4.78, 5) is 24.5. The van der Waals surface area contributed by atoms with Crippen LogP contribution in [0.15, 0.2) is 30.3 Å². The predicted molar refractivity (Wildman–Crippen MR) is 91.6 cm³/mol. The molecule has 1 saturated heterocycles. The Bertz CT molecular complexity index is 593. The first-order valence-corrected chi connectivity index (χ1v) is 9.03. The Balaban J connectivity index is 1.65. The van der Waals surface area contributed by atoms with E-state index < -0.39 is 5.92 Å². The van der Waals surface area contributed by atoms with E-state index in [2.05, 4.69) is 0 Å². The van der Waals surface area contributed by atoms with Crippen LogP contribution < -0.4 is 0 Å². The van der Waals surface area contributed by atoms with Gasteiger partial charge in [0.25, 0.3) is 0 Å². The summed E-state index contributed by atoms with van der Waals surface area (Å²) in [5, 5.41) is 0. The topological polar surface area (TPSA) is 61.8 Å². The molecule has 1 heterocycles. The smallest absolute Gasteiger partial charge is 0.310 e. The summed E-state index contributed by atoms with van der Waals surface area (Å²) in [6, 6.07) is 9.58. The SMILES string of the molecule is COC(=O)CC(C(=O)OCc1ccccc1)C1CCOC2(CCC2)C1. The maximum atomic E-state index is 12.7. The number of carbonyl (C=O) groups excluding carboxylic acids is 2. The first-order valence-electron chi connectivity index (χ1n) is 9.03. The van der Waals surface area contributed by atoms with Gasteiger partial charge >= 0.3 is 11.9 Å². The van der Waals surface area contributed by atoms with E-state index in [1.807, 2.05) is 30.3 Å². The van der Waals surface area contributed by atoms with E-state index in [0.29, 0.717) is 6.61 Å². The van der Waals surface area contributed by atoms with Crippen LogP contribution in [0.1, 0.15) is 44.1 Å². The average molecular weight is 346 g/mol. The van der Waals surface area contributed by atoms with Crippen molar-refractivity contribution in [1.82, 2.24) is 0 Å². The normalized spacial score (nSPS) is 22.7. The zero-order valence-corrected chi connectivity index (χ0v) is 14.7. The first kappa shape index (κ1) is 17.9. The van der Waals surface area contributed by atoms with Crippen molar-refractivity contribution >= 4 is 11.9 Å². The minimum atomic E-state index is -0.461. The van der Waals surface area contributed by atoms with Crippen molar-refractivity contribution in [2.45, 2.75) is 50.7 Å². The number of hydrogen-bond donors (Lipinski definition) is 0. The zero-order chi connectivity index (χ0) is 17.7. The van der Waals surface area contributed by atoms with Gasteiger partial charge in [0.2, 0.25) is 0 Å². The summed E-state index contributed by atoms with van der Waals surface area (Å²) < 4.78 is 16.3. The highest BCUT2D eigenvalue weighted by Crippen LogP contribution is 2.46. The monoisotopic (exact) mass is 346 g/mol. The average Bonchev–Trinajstić information content (AvgIpc) is 2.63. The molecule has 0 amide bonds. The fourth-order valence-corrected chi connectivity index (χ4v) is 3.87. The lowest BCUT2D eigenvalue weighted by atomic mass is 9.68. The second kappa shape index (κ2) is 8.00. The van der Waals surface area contributed by atoms with Crippen molar-refractivity contribution in [3.05, 3.63) is 35.9 Å². The van der Waals surface area contributed by atoms with Crippen LogP contribution in [0.25, 0.3) is 0 Å². The first-order chi connectivity index (χ1) is 12.1. The molecule has 0 aromatic heterocycles. The number of rotatable bonds is 6. The Morgan fingerprint density at radius 2 is 2.04 bits per heavy atom. The molecule has 136 valence electrons. The summed E-state index contributed by atoms with van der Waals surface area (Å²) >= 11 is 0. The summed E-state index contributed by atoms with van der Waals surface area (Å²) in [5.74, 6) is -1.03. The molecule has 0 bridgehead atoms. The van der Waals surface area contributed by atoms with Gasteiger partial charge < -0.3 is 14.2 Å². The molecule has 1 spiro atoms. The summed E-state index contributed by atoms with van der Waals surface area (Å²) in [6.07, 6.45) is 4.96. The van der Waals surface area contributed by atoms with Gasteiger partial charge in [0.1, 0.15) is 6.61 Å². The molecule has 2 unspecified atom stereocenters. The third kappa shape index (κ3) is 4.40. The molecule has 1 aromatic carbocycles. The number of carbonyl (C=O) groups is 2. The molecule has 3 rings (SSSR count). The zero-order valence-electron chi connectivity index (χ0n) is 14.7. The third-order valence-corrected chi connectivity index (χ3v) is 5.51. The molecule has 1 aliphatic carbocycles. The highest BCUT2D eigenvalue weighted by atomic mass is 16.5. The summed E-state index contributed by atoms with van der Waals surface area (Å²) in [6.45, 7) is 0.875. The summed E-state index contributed by atoms with van der Waals surface area (Å²) in [5.41, 5.74) is 0.867. The molecule has 5 nitrogen and oxygen atoms in total. The van der Waals surface area contributed by atoms with Gasteiger partial charge in [-0.15, -0.1) is 0 Å². The van der Waals surface area contributed by atoms with E-state index in [1.165, 1.54) is 13.5 Å². The van der Waals surface area contributed by atoms with Gasteiger partial charge in [-0.3, -0.25) is 9.59 Å². The van der Waals surface area contributed by atoms with E-state index in [-0.39, 0.29) is 36.5 Å². The van der Waals surface area contributed by atoms with Crippen molar-refractivity contribution in [1.29, 1.82) is 0 Å². The Kier molecular flexibility index (Phi) is 5.74. The lowest BCUT2D eigenvalue weighted by Gasteiger charge is -2.48. The number of methoxy groups -OCH3 is 1. The van der Waals surface area contributed by atoms with E-state index in [0.717, 1.165) is 31.2 Å². The van der Waals surface area contributed by atoms with Gasteiger partial charge in [0, 0.05) is 6.61 Å². The second-order valence-electron chi connectivity index (χ2n) is 7.12. The molecule has 2 fully saturated rings. The molecule has 0 N–H and O–H groups in total. The van der Waals surface area contributed by atoms with Gasteiger partial charge in [-0.1, -0.05) is 30.3 Å². The molecule has 1 aromatic rings. The minimum absolute atomic E-state index is 0.0724. The molecule has 2 atom stereocenters. The largest absolute Gasteiger partial charge is 0.469 e.